The average molecular weight is 1490 g/mol. The van der Waals surface area contributed by atoms with Crippen LogP contribution in [0, 0.1) is 32.7 Å². The molecule has 3 atom stereocenters. The van der Waals surface area contributed by atoms with E-state index < -0.39 is 57.4 Å². The molecule has 3 saturated heterocycles. The van der Waals surface area contributed by atoms with Gasteiger partial charge in [0.2, 0.25) is 5.91 Å². The third-order valence-corrected chi connectivity index (χ3v) is 16.1. The monoisotopic (exact) mass is 1490 g/mol. The summed E-state index contributed by atoms with van der Waals surface area (Å²) in [5.41, 5.74) is 2.77. The van der Waals surface area contributed by atoms with Gasteiger partial charge in [-0.25, -0.2) is 41.1 Å². The summed E-state index contributed by atoms with van der Waals surface area (Å²) < 4.78 is 104. The van der Waals surface area contributed by atoms with E-state index >= 15 is 0 Å². The van der Waals surface area contributed by atoms with Crippen molar-refractivity contribution < 1.29 is 83.9 Å². The van der Waals surface area contributed by atoms with Crippen molar-refractivity contribution in [3.63, 3.8) is 0 Å². The number of para-hydroxylation sites is 1. The lowest BCUT2D eigenvalue weighted by Crippen LogP contribution is -2.48. The molecule has 6 aromatic rings. The molecule has 0 unspecified atom stereocenters. The number of halogens is 7. The van der Waals surface area contributed by atoms with E-state index in [0.29, 0.717) is 94.9 Å². The number of fused-ring (bicyclic) bond motifs is 3. The number of morpholine rings is 3. The zero-order valence-electron chi connectivity index (χ0n) is 54.6. The largest absolute Gasteiger partial charge is 0.444 e. The lowest BCUT2D eigenvalue weighted by atomic mass is 10.1. The number of hydrogen-bond donors (Lipinski definition) is 3. The number of hydrogen-bond acceptors (Lipinski definition) is 16. The third-order valence-electron chi connectivity index (χ3n) is 14.9. The van der Waals surface area contributed by atoms with Crippen LogP contribution in [-0.2, 0) is 77.3 Å². The lowest BCUT2D eigenvalue weighted by molar-refractivity contribution is -0.129. The molecular formula is C63H75ClF5IN14O13. The van der Waals surface area contributed by atoms with Crippen molar-refractivity contribution in [3.8, 4) is 5.75 Å². The van der Waals surface area contributed by atoms with Gasteiger partial charge >= 0.3 is 24.3 Å². The van der Waals surface area contributed by atoms with E-state index in [1.54, 1.807) is 73.9 Å². The summed E-state index contributed by atoms with van der Waals surface area (Å²) >= 11 is 7.70. The molecule has 8 amide bonds. The van der Waals surface area contributed by atoms with Gasteiger partial charge in [0, 0.05) is 49.2 Å². The highest BCUT2D eigenvalue weighted by Crippen LogP contribution is 2.32. The second kappa shape index (κ2) is 32.6. The molecule has 27 nitrogen and oxygen atoms in total. The topological polar surface area (TPSA) is 281 Å². The molecule has 3 aromatic carbocycles. The van der Waals surface area contributed by atoms with Crippen LogP contribution in [0.15, 0.2) is 73.2 Å². The van der Waals surface area contributed by atoms with Gasteiger partial charge in [0.05, 0.1) is 133 Å². The van der Waals surface area contributed by atoms with Gasteiger partial charge in [0.25, 0.3) is 11.8 Å². The molecule has 0 bridgehead atoms. The summed E-state index contributed by atoms with van der Waals surface area (Å²) in [7, 11) is 0. The van der Waals surface area contributed by atoms with Crippen LogP contribution in [0.5, 0.6) is 5.75 Å². The van der Waals surface area contributed by atoms with Crippen LogP contribution < -0.4 is 30.5 Å². The first-order valence-electron chi connectivity index (χ1n) is 30.6. The molecule has 0 saturated carbocycles. The number of amides is 8. The minimum Gasteiger partial charge on any atom is -0.444 e. The number of benzene rings is 3. The number of urea groups is 1. The Morgan fingerprint density at radius 2 is 1.04 bits per heavy atom. The maximum atomic E-state index is 13.4. The molecule has 0 aliphatic carbocycles. The van der Waals surface area contributed by atoms with Crippen LogP contribution in [-0.4, -0.2) is 175 Å². The summed E-state index contributed by atoms with van der Waals surface area (Å²) in [6.07, 6.45) is 3.69. The number of nitrogens with one attached hydrogen (secondary N) is 3. The minimum atomic E-state index is -1.60. The fourth-order valence-electron chi connectivity index (χ4n) is 10.2. The maximum Gasteiger partial charge on any atom is 0.417 e. The van der Waals surface area contributed by atoms with Crippen LogP contribution in [0.4, 0.5) is 63.9 Å². The highest BCUT2D eigenvalue weighted by Gasteiger charge is 2.37. The number of carbonyl (C=O) groups excluding carboxylic acids is 7. The van der Waals surface area contributed by atoms with Crippen molar-refractivity contribution in [3.05, 3.63) is 128 Å². The van der Waals surface area contributed by atoms with Crippen LogP contribution in [0.2, 0.25) is 5.02 Å². The minimum absolute atomic E-state index is 0.00447. The molecule has 6 aliphatic rings. The smallest absolute Gasteiger partial charge is 0.417 e. The van der Waals surface area contributed by atoms with E-state index in [2.05, 4.69) is 53.8 Å². The lowest BCUT2D eigenvalue weighted by Gasteiger charge is -2.36. The fourth-order valence-corrected chi connectivity index (χ4v) is 11.0. The Morgan fingerprint density at radius 3 is 1.49 bits per heavy atom. The van der Waals surface area contributed by atoms with Crippen molar-refractivity contribution in [2.24, 2.45) is 0 Å². The molecule has 9 heterocycles. The van der Waals surface area contributed by atoms with Gasteiger partial charge in [-0.3, -0.25) is 43.5 Å². The molecule has 0 radical (unpaired) electrons. The molecule has 6 aliphatic heterocycles. The number of anilines is 4. The first-order chi connectivity index (χ1) is 45.8. The van der Waals surface area contributed by atoms with Gasteiger partial charge in [-0.05, 0) is 103 Å². The molecular weight excluding hydrogens is 1420 g/mol. The predicted molar refractivity (Wildman–Crippen MR) is 350 cm³/mol. The Bertz CT molecular complexity index is 3780. The first kappa shape index (κ1) is 74.1. The van der Waals surface area contributed by atoms with Crippen molar-refractivity contribution in [2.75, 3.05) is 79.7 Å². The molecule has 524 valence electrons. The van der Waals surface area contributed by atoms with E-state index in [-0.39, 0.29) is 85.8 Å². The van der Waals surface area contributed by atoms with Crippen molar-refractivity contribution in [1.82, 2.24) is 49.4 Å². The first-order valence-corrected chi connectivity index (χ1v) is 32.1. The summed E-state index contributed by atoms with van der Waals surface area (Å²) in [6.45, 7) is 23.1. The summed E-state index contributed by atoms with van der Waals surface area (Å²) in [6, 6.07) is 10.8. The number of ether oxygens (including phenoxy) is 6. The molecule has 34 heteroatoms. The molecule has 3 aromatic heterocycles. The second-order valence-electron chi connectivity index (χ2n) is 24.7. The Kier molecular flexibility index (Phi) is 24.9. The van der Waals surface area contributed by atoms with Gasteiger partial charge in [0.15, 0.2) is 29.1 Å². The number of rotatable bonds is 5. The predicted octanol–water partition coefficient (Wildman–Crippen LogP) is 9.47. The van der Waals surface area contributed by atoms with Gasteiger partial charge in [0.1, 0.15) is 36.8 Å². The Hall–Kier alpha value is -8.67. The van der Waals surface area contributed by atoms with Crippen LogP contribution >= 0.6 is 34.2 Å². The zero-order valence-corrected chi connectivity index (χ0v) is 57.6. The van der Waals surface area contributed by atoms with E-state index in [0.717, 1.165) is 39.3 Å². The molecule has 3 N–H and O–H groups in total. The Labute approximate surface area is 573 Å². The number of aromatic nitrogens is 6. The Balaban J connectivity index is 0.000000162. The zero-order chi connectivity index (χ0) is 70.6. The van der Waals surface area contributed by atoms with E-state index in [1.807, 2.05) is 71.0 Å². The molecule has 3 fully saturated rings. The second-order valence-corrected chi connectivity index (χ2v) is 26.3. The summed E-state index contributed by atoms with van der Waals surface area (Å²) in [5, 5.41) is 19.8. The third kappa shape index (κ3) is 20.0. The highest BCUT2D eigenvalue weighted by molar-refractivity contribution is 14.1. The van der Waals surface area contributed by atoms with Gasteiger partial charge < -0.3 is 53.8 Å². The fraction of sp³-hybridized carbons (Fsp3) is 0.460. The normalized spacial score (nSPS) is 18.3. The maximum absolute atomic E-state index is 13.4. The molecule has 97 heavy (non-hydrogen) atoms. The molecule has 12 rings (SSSR count). The van der Waals surface area contributed by atoms with E-state index in [9.17, 15) is 55.5 Å². The van der Waals surface area contributed by atoms with Crippen LogP contribution in [0.1, 0.15) is 79.4 Å². The Morgan fingerprint density at radius 1 is 0.598 bits per heavy atom. The van der Waals surface area contributed by atoms with Crippen LogP contribution in [0.25, 0.3) is 0 Å². The van der Waals surface area contributed by atoms with Crippen molar-refractivity contribution >= 4 is 99.0 Å². The molecule has 0 spiro atoms. The van der Waals surface area contributed by atoms with Crippen LogP contribution in [0.3, 0.4) is 0 Å². The van der Waals surface area contributed by atoms with E-state index in [4.69, 9.17) is 40.0 Å². The summed E-state index contributed by atoms with van der Waals surface area (Å²) in [4.78, 5) is 91.5. The van der Waals surface area contributed by atoms with Gasteiger partial charge in [-0.2, -0.15) is 15.3 Å². The van der Waals surface area contributed by atoms with Gasteiger partial charge in [-0.1, -0.05) is 29.8 Å². The highest BCUT2D eigenvalue weighted by atomic mass is 127. The van der Waals surface area contributed by atoms with E-state index in [1.165, 1.54) is 4.90 Å². The van der Waals surface area contributed by atoms with Crippen molar-refractivity contribution in [1.29, 1.82) is 0 Å². The average Bonchev–Trinajstić information content (AvgIpc) is 1.69. The number of carbonyl (C=O) groups is 7. The quantitative estimate of drug-likeness (QED) is 0.0823. The number of nitrogens with zero attached hydrogens (tertiary/aromatic N) is 11. The standard InChI is InChI=1S/C18H18F3N5O3.C16H24N4O4.C13H8ClF2NO2.C12H18IN3O2.C4H7NO2/c1-10-7-26-15(14(6-22-26)24-2-3-29-9-16(24)27)8-25(10)18(28)23-11-4-12(19)17(21)13(20)5-11;1-11-8-20-13(9-19(11)15(22)24-16(2,3)4)12(7-17-20)18-5-6-23-10-14(18)21;14-10-6-8(7-11(15)12(10)16)17-13(18)19-9-4-2-1-3-5-9;1-8-6-16-10(9(13)5-14-16)7-15(8)11(17)18-12(2,3)4;6-4-3-7-2-1-5-4/h4-6,10H,2-3,7-9H2,1H3,(H,23,28);7,11H,5-6,8-10H2,1-4H3;1-7H,(H,17,18);5,8H,6-7H2,1-4H3;1-3H2,(H,5,6)/t10-;11-;;8-;/m00.0./s1. The van der Waals surface area contributed by atoms with Crippen molar-refractivity contribution in [2.45, 2.75) is 131 Å². The SMILES string of the molecule is C[C@H]1Cn2ncc(I)c2CN1C(=O)OC(C)(C)C.C[C@H]1Cn2ncc(N3CCOCC3=O)c2CN1C(=O)Nc1cc(F)c(F)c(F)c1.C[C@H]1Cn2ncc(N3CCOCC3=O)c2CN1C(=O)OC(C)(C)C.O=C(Nc1cc(F)c(F)c(Cl)c1)Oc1ccccc1.O=C1COCCN1. The summed E-state index contributed by atoms with van der Waals surface area (Å²) in [5.74, 6) is -6.65. The van der Waals surface area contributed by atoms with Gasteiger partial charge in [-0.15, -0.1) is 0 Å².